The lowest BCUT2D eigenvalue weighted by Crippen LogP contribution is -2.24. The number of aromatic nitrogens is 2. The lowest BCUT2D eigenvalue weighted by molar-refractivity contribution is 0.584. The second-order valence-electron chi connectivity index (χ2n) is 4.21. The van der Waals surface area contributed by atoms with Gasteiger partial charge in [0.1, 0.15) is 10.8 Å². The van der Waals surface area contributed by atoms with Crippen LogP contribution in [0.5, 0.6) is 0 Å². The van der Waals surface area contributed by atoms with Crippen molar-refractivity contribution in [2.75, 3.05) is 17.7 Å². The largest absolute Gasteiger partial charge is 0.368 e. The van der Waals surface area contributed by atoms with Gasteiger partial charge in [-0.3, -0.25) is 0 Å². The lowest BCUT2D eigenvalue weighted by Gasteiger charge is -2.27. The fraction of sp³-hybridized carbons (Fsp3) is 0.231. The van der Waals surface area contributed by atoms with Crippen molar-refractivity contribution in [2.24, 2.45) is 0 Å². The third kappa shape index (κ3) is 2.76. The highest BCUT2D eigenvalue weighted by Crippen LogP contribution is 2.30. The molecule has 0 aliphatic rings. The highest BCUT2D eigenvalue weighted by atomic mass is 35.5. The maximum Gasteiger partial charge on any atom is 0.222 e. The molecule has 0 saturated heterocycles. The van der Waals surface area contributed by atoms with Gasteiger partial charge >= 0.3 is 0 Å². The van der Waals surface area contributed by atoms with Gasteiger partial charge in [0.05, 0.1) is 12.2 Å². The van der Waals surface area contributed by atoms with E-state index in [9.17, 15) is 4.39 Å². The number of nitrogens with zero attached hydrogens (tertiary/aromatic N) is 3. The summed E-state index contributed by atoms with van der Waals surface area (Å²) in [4.78, 5) is 9.66. The number of hydrogen-bond donors (Lipinski definition) is 1. The normalized spacial score (nSPS) is 12.2. The van der Waals surface area contributed by atoms with Crippen molar-refractivity contribution in [2.45, 2.75) is 13.0 Å². The van der Waals surface area contributed by atoms with E-state index >= 15 is 0 Å². The fourth-order valence-electron chi connectivity index (χ4n) is 1.82. The van der Waals surface area contributed by atoms with Crippen molar-refractivity contribution in [3.8, 4) is 0 Å². The highest BCUT2D eigenvalue weighted by Gasteiger charge is 2.19. The van der Waals surface area contributed by atoms with Crippen LogP contribution in [-0.4, -0.2) is 17.0 Å². The molecule has 0 radical (unpaired) electrons. The first-order valence-corrected chi connectivity index (χ1v) is 6.13. The third-order valence-electron chi connectivity index (χ3n) is 3.01. The Kier molecular flexibility index (Phi) is 3.85. The second-order valence-corrected chi connectivity index (χ2v) is 4.62. The van der Waals surface area contributed by atoms with Gasteiger partial charge in [0.15, 0.2) is 5.82 Å². The standard InChI is InChI=1S/C13H14ClFN4/c1-8(9-5-3-4-6-11(9)15)19(2)12-10(14)7-17-13(16)18-12/h3-8H,1-2H3,(H2,16,17,18). The van der Waals surface area contributed by atoms with Crippen molar-refractivity contribution in [1.82, 2.24) is 9.97 Å². The van der Waals surface area contributed by atoms with E-state index in [-0.39, 0.29) is 17.8 Å². The lowest BCUT2D eigenvalue weighted by atomic mass is 10.1. The Morgan fingerprint density at radius 2 is 2.05 bits per heavy atom. The Hall–Kier alpha value is -1.88. The number of anilines is 2. The van der Waals surface area contributed by atoms with Gasteiger partial charge < -0.3 is 10.6 Å². The van der Waals surface area contributed by atoms with Gasteiger partial charge in [-0.25, -0.2) is 9.37 Å². The molecule has 6 heteroatoms. The number of halogens is 2. The summed E-state index contributed by atoms with van der Waals surface area (Å²) in [5, 5.41) is 0.375. The summed E-state index contributed by atoms with van der Waals surface area (Å²) in [6, 6.07) is 6.37. The summed E-state index contributed by atoms with van der Waals surface area (Å²) in [5.41, 5.74) is 6.12. The van der Waals surface area contributed by atoms with Crippen molar-refractivity contribution >= 4 is 23.4 Å². The molecule has 0 aliphatic heterocycles. The number of nitrogen functional groups attached to an aromatic ring is 1. The zero-order chi connectivity index (χ0) is 14.0. The molecule has 2 rings (SSSR count). The van der Waals surface area contributed by atoms with Gasteiger partial charge in [0.2, 0.25) is 5.95 Å². The van der Waals surface area contributed by atoms with Crippen LogP contribution in [0.2, 0.25) is 5.02 Å². The summed E-state index contributed by atoms with van der Waals surface area (Å²) in [6.45, 7) is 1.87. The Labute approximate surface area is 116 Å². The van der Waals surface area contributed by atoms with Crippen LogP contribution >= 0.6 is 11.6 Å². The van der Waals surface area contributed by atoms with Gasteiger partial charge in [0, 0.05) is 12.6 Å². The van der Waals surface area contributed by atoms with Crippen molar-refractivity contribution in [3.05, 3.63) is 46.9 Å². The van der Waals surface area contributed by atoms with E-state index in [1.807, 2.05) is 6.92 Å². The Morgan fingerprint density at radius 1 is 1.37 bits per heavy atom. The zero-order valence-electron chi connectivity index (χ0n) is 10.6. The minimum Gasteiger partial charge on any atom is -0.368 e. The Bertz CT molecular complexity index is 591. The van der Waals surface area contributed by atoms with Crippen molar-refractivity contribution in [3.63, 3.8) is 0 Å². The van der Waals surface area contributed by atoms with Gasteiger partial charge in [-0.1, -0.05) is 29.8 Å². The second kappa shape index (κ2) is 5.40. The Balaban J connectivity index is 2.36. The number of nitrogens with two attached hydrogens (primary N) is 1. The molecule has 1 unspecified atom stereocenters. The molecule has 1 aromatic carbocycles. The Morgan fingerprint density at radius 3 is 2.74 bits per heavy atom. The monoisotopic (exact) mass is 280 g/mol. The van der Waals surface area contributed by atoms with Crippen LogP contribution < -0.4 is 10.6 Å². The molecule has 0 saturated carbocycles. The third-order valence-corrected chi connectivity index (χ3v) is 3.28. The van der Waals surface area contributed by atoms with Gasteiger partial charge in [-0.15, -0.1) is 0 Å². The van der Waals surface area contributed by atoms with Gasteiger partial charge in [-0.05, 0) is 13.0 Å². The maximum absolute atomic E-state index is 13.8. The molecule has 0 bridgehead atoms. The molecule has 19 heavy (non-hydrogen) atoms. The fourth-order valence-corrected chi connectivity index (χ4v) is 2.05. The molecule has 100 valence electrons. The summed E-state index contributed by atoms with van der Waals surface area (Å²) in [6.07, 6.45) is 1.43. The molecule has 1 aromatic heterocycles. The van der Waals surface area contributed by atoms with Gasteiger partial charge in [-0.2, -0.15) is 4.98 Å². The summed E-state index contributed by atoms with van der Waals surface area (Å²) >= 11 is 6.05. The molecule has 0 spiro atoms. The zero-order valence-corrected chi connectivity index (χ0v) is 11.4. The summed E-state index contributed by atoms with van der Waals surface area (Å²) in [7, 11) is 1.78. The van der Waals surface area contributed by atoms with E-state index in [1.54, 1.807) is 30.1 Å². The number of rotatable bonds is 3. The maximum atomic E-state index is 13.8. The first-order valence-electron chi connectivity index (χ1n) is 5.76. The van der Waals surface area contributed by atoms with Crippen LogP contribution in [0.4, 0.5) is 16.2 Å². The molecular formula is C13H14ClFN4. The molecule has 0 aliphatic carbocycles. The van der Waals surface area contributed by atoms with Crippen LogP contribution in [0.15, 0.2) is 30.5 Å². The molecule has 0 amide bonds. The average molecular weight is 281 g/mol. The van der Waals surface area contributed by atoms with E-state index in [0.29, 0.717) is 16.4 Å². The van der Waals surface area contributed by atoms with E-state index in [4.69, 9.17) is 17.3 Å². The molecule has 0 fully saturated rings. The topological polar surface area (TPSA) is 55.0 Å². The van der Waals surface area contributed by atoms with Crippen LogP contribution in [0.1, 0.15) is 18.5 Å². The van der Waals surface area contributed by atoms with Crippen molar-refractivity contribution < 1.29 is 4.39 Å². The van der Waals surface area contributed by atoms with Crippen LogP contribution in [0.25, 0.3) is 0 Å². The first-order chi connectivity index (χ1) is 9.00. The van der Waals surface area contributed by atoms with Crippen molar-refractivity contribution in [1.29, 1.82) is 0 Å². The molecular weight excluding hydrogens is 267 g/mol. The van der Waals surface area contributed by atoms with Crippen LogP contribution in [0.3, 0.4) is 0 Å². The van der Waals surface area contributed by atoms with E-state index in [1.165, 1.54) is 12.3 Å². The molecule has 1 heterocycles. The SMILES string of the molecule is CC(c1ccccc1F)N(C)c1nc(N)ncc1Cl. The predicted octanol–water partition coefficient (Wildman–Crippen LogP) is 3.05. The molecule has 1 atom stereocenters. The first kappa shape index (κ1) is 13.5. The smallest absolute Gasteiger partial charge is 0.222 e. The molecule has 2 N–H and O–H groups in total. The molecule has 2 aromatic rings. The van der Waals surface area contributed by atoms with E-state index in [0.717, 1.165) is 0 Å². The van der Waals surface area contributed by atoms with E-state index < -0.39 is 0 Å². The van der Waals surface area contributed by atoms with Crippen LogP contribution in [-0.2, 0) is 0 Å². The summed E-state index contributed by atoms with van der Waals surface area (Å²) < 4.78 is 13.8. The average Bonchev–Trinajstić information content (AvgIpc) is 2.40. The number of hydrogen-bond acceptors (Lipinski definition) is 4. The van der Waals surface area contributed by atoms with Crippen LogP contribution in [0, 0.1) is 5.82 Å². The van der Waals surface area contributed by atoms with Gasteiger partial charge in [0.25, 0.3) is 0 Å². The van der Waals surface area contributed by atoms with E-state index in [2.05, 4.69) is 9.97 Å². The minimum absolute atomic E-state index is 0.131. The molecule has 4 nitrogen and oxygen atoms in total. The quantitative estimate of drug-likeness (QED) is 0.939. The predicted molar refractivity (Wildman–Crippen MR) is 74.7 cm³/mol. The minimum atomic E-state index is -0.264. The highest BCUT2D eigenvalue weighted by molar-refractivity contribution is 6.32. The summed E-state index contributed by atoms with van der Waals surface area (Å²) in [5.74, 6) is 0.344. The number of benzene rings is 1.